The summed E-state index contributed by atoms with van der Waals surface area (Å²) in [5.74, 6) is 0. The molecule has 4 nitrogen and oxygen atoms in total. The lowest BCUT2D eigenvalue weighted by atomic mass is 10.1. The minimum absolute atomic E-state index is 0.201. The summed E-state index contributed by atoms with van der Waals surface area (Å²) < 4.78 is 1.49. The molecule has 0 N–H and O–H groups in total. The second-order valence-electron chi connectivity index (χ2n) is 4.65. The van der Waals surface area contributed by atoms with Crippen molar-refractivity contribution in [3.63, 3.8) is 0 Å². The molecule has 1 aromatic carbocycles. The summed E-state index contributed by atoms with van der Waals surface area (Å²) in [6, 6.07) is 6.89. The molecule has 0 saturated carbocycles. The van der Waals surface area contributed by atoms with E-state index in [2.05, 4.69) is 9.97 Å². The molecule has 0 unspecified atom stereocenters. The first kappa shape index (κ1) is 15.3. The maximum Gasteiger partial charge on any atom is 0.259 e. The third-order valence-corrected chi connectivity index (χ3v) is 4.53. The van der Waals surface area contributed by atoms with E-state index in [4.69, 9.17) is 23.2 Å². The number of rotatable bonds is 2. The molecule has 7 heteroatoms. The Hall–Kier alpha value is -1.56. The lowest BCUT2D eigenvalue weighted by molar-refractivity contribution is 0.861. The molecule has 3 rings (SSSR count). The van der Waals surface area contributed by atoms with Crippen LogP contribution in [0.25, 0.3) is 22.2 Å². The molecule has 0 atom stereocenters. The summed E-state index contributed by atoms with van der Waals surface area (Å²) in [5, 5.41) is 2.24. The number of halogens is 2. The van der Waals surface area contributed by atoms with Crippen LogP contribution in [0.15, 0.2) is 40.4 Å². The van der Waals surface area contributed by atoms with Crippen molar-refractivity contribution in [2.75, 3.05) is 6.26 Å². The van der Waals surface area contributed by atoms with E-state index in [9.17, 15) is 4.79 Å². The average Bonchev–Trinajstić information content (AvgIpc) is 2.51. The number of pyridine rings is 1. The van der Waals surface area contributed by atoms with Gasteiger partial charge >= 0.3 is 0 Å². The SMILES string of the molecule is CSc1ncc2cc(-c3c(Cl)cccc3Cl)c(=O)n(C)c2n1. The number of hydrogen-bond donors (Lipinski definition) is 0. The van der Waals surface area contributed by atoms with E-state index in [1.165, 1.54) is 16.3 Å². The van der Waals surface area contributed by atoms with E-state index in [0.29, 0.717) is 32.0 Å². The monoisotopic (exact) mass is 351 g/mol. The third-order valence-electron chi connectivity index (χ3n) is 3.34. The van der Waals surface area contributed by atoms with E-state index in [1.807, 2.05) is 6.26 Å². The number of thioether (sulfide) groups is 1. The van der Waals surface area contributed by atoms with Crippen LogP contribution in [0.5, 0.6) is 0 Å². The molecule has 2 heterocycles. The van der Waals surface area contributed by atoms with Crippen LogP contribution >= 0.6 is 35.0 Å². The van der Waals surface area contributed by atoms with E-state index in [-0.39, 0.29) is 5.56 Å². The fourth-order valence-electron chi connectivity index (χ4n) is 2.26. The van der Waals surface area contributed by atoms with Crippen molar-refractivity contribution in [3.8, 4) is 11.1 Å². The van der Waals surface area contributed by atoms with Crippen LogP contribution in [-0.2, 0) is 7.05 Å². The van der Waals surface area contributed by atoms with Crippen LogP contribution in [0, 0.1) is 0 Å². The Balaban J connectivity index is 2.38. The van der Waals surface area contributed by atoms with Crippen molar-refractivity contribution in [2.45, 2.75) is 5.16 Å². The van der Waals surface area contributed by atoms with Gasteiger partial charge in [-0.3, -0.25) is 9.36 Å². The molecule has 0 radical (unpaired) electrons. The van der Waals surface area contributed by atoms with Gasteiger partial charge in [0.05, 0.1) is 15.6 Å². The van der Waals surface area contributed by atoms with Gasteiger partial charge in [0.25, 0.3) is 5.56 Å². The molecule has 3 aromatic rings. The molecule has 112 valence electrons. The maximum absolute atomic E-state index is 12.7. The van der Waals surface area contributed by atoms with Crippen LogP contribution in [0.1, 0.15) is 0 Å². The van der Waals surface area contributed by atoms with Crippen LogP contribution in [0.4, 0.5) is 0 Å². The lowest BCUT2D eigenvalue weighted by Gasteiger charge is -2.11. The number of benzene rings is 1. The Kier molecular flexibility index (Phi) is 4.12. The Labute approximate surface area is 141 Å². The molecule has 0 spiro atoms. The Morgan fingerprint density at radius 1 is 1.23 bits per heavy atom. The molecule has 0 saturated heterocycles. The maximum atomic E-state index is 12.7. The van der Waals surface area contributed by atoms with Crippen molar-refractivity contribution in [2.24, 2.45) is 7.05 Å². The molecule has 0 aliphatic rings. The molecule has 0 bridgehead atoms. The summed E-state index contributed by atoms with van der Waals surface area (Å²) in [4.78, 5) is 21.3. The number of nitrogens with zero attached hydrogens (tertiary/aromatic N) is 3. The zero-order valence-electron chi connectivity index (χ0n) is 11.8. The van der Waals surface area contributed by atoms with E-state index >= 15 is 0 Å². The molecular formula is C15H11Cl2N3OS. The largest absolute Gasteiger partial charge is 0.295 e. The quantitative estimate of drug-likeness (QED) is 0.516. The van der Waals surface area contributed by atoms with Crippen molar-refractivity contribution in [3.05, 3.63) is 50.9 Å². The molecule has 0 fully saturated rings. The van der Waals surface area contributed by atoms with Crippen molar-refractivity contribution in [1.29, 1.82) is 0 Å². The van der Waals surface area contributed by atoms with Gasteiger partial charge in [-0.1, -0.05) is 41.0 Å². The second-order valence-corrected chi connectivity index (χ2v) is 6.24. The predicted molar refractivity (Wildman–Crippen MR) is 92.0 cm³/mol. The zero-order valence-corrected chi connectivity index (χ0v) is 14.1. The normalized spacial score (nSPS) is 11.1. The van der Waals surface area contributed by atoms with Gasteiger partial charge in [-0.2, -0.15) is 0 Å². The minimum atomic E-state index is -0.201. The first-order chi connectivity index (χ1) is 10.5. The van der Waals surface area contributed by atoms with Crippen LogP contribution in [0.2, 0.25) is 10.0 Å². The van der Waals surface area contributed by atoms with E-state index < -0.39 is 0 Å². The fourth-order valence-corrected chi connectivity index (χ4v) is 3.20. The van der Waals surface area contributed by atoms with Gasteiger partial charge in [0.1, 0.15) is 5.65 Å². The summed E-state index contributed by atoms with van der Waals surface area (Å²) >= 11 is 13.9. The third kappa shape index (κ3) is 2.49. The van der Waals surface area contributed by atoms with E-state index in [1.54, 1.807) is 37.5 Å². The van der Waals surface area contributed by atoms with Crippen LogP contribution < -0.4 is 5.56 Å². The van der Waals surface area contributed by atoms with Crippen molar-refractivity contribution in [1.82, 2.24) is 14.5 Å². The number of aryl methyl sites for hydroxylation is 1. The van der Waals surface area contributed by atoms with Crippen molar-refractivity contribution < 1.29 is 0 Å². The summed E-state index contributed by atoms with van der Waals surface area (Å²) in [5.41, 5.74) is 1.35. The Bertz CT molecular complexity index is 920. The number of aromatic nitrogens is 3. The molecule has 0 amide bonds. The first-order valence-corrected chi connectivity index (χ1v) is 8.36. The standard InChI is InChI=1S/C15H11Cl2N3OS/c1-20-13-8(7-18-15(19-13)22-2)6-9(14(20)21)12-10(16)4-3-5-11(12)17/h3-7H,1-2H3. The van der Waals surface area contributed by atoms with Gasteiger partial charge in [-0.05, 0) is 24.5 Å². The smallest absolute Gasteiger partial charge is 0.259 e. The lowest BCUT2D eigenvalue weighted by Crippen LogP contribution is -2.20. The van der Waals surface area contributed by atoms with Gasteiger partial charge < -0.3 is 0 Å². The minimum Gasteiger partial charge on any atom is -0.295 e. The van der Waals surface area contributed by atoms with Gasteiger partial charge in [-0.15, -0.1) is 0 Å². The predicted octanol–water partition coefficient (Wildman–Crippen LogP) is 4.02. The van der Waals surface area contributed by atoms with Gasteiger partial charge in [0.2, 0.25) is 0 Å². The highest BCUT2D eigenvalue weighted by Crippen LogP contribution is 2.33. The Morgan fingerprint density at radius 3 is 2.55 bits per heavy atom. The van der Waals surface area contributed by atoms with Gasteiger partial charge in [0, 0.05) is 24.2 Å². The molecule has 22 heavy (non-hydrogen) atoms. The average molecular weight is 352 g/mol. The zero-order chi connectivity index (χ0) is 15.9. The number of fused-ring (bicyclic) bond motifs is 1. The topological polar surface area (TPSA) is 47.8 Å². The van der Waals surface area contributed by atoms with Gasteiger partial charge in [-0.25, -0.2) is 9.97 Å². The highest BCUT2D eigenvalue weighted by atomic mass is 35.5. The second kappa shape index (κ2) is 5.91. The summed E-state index contributed by atoms with van der Waals surface area (Å²) in [7, 11) is 1.68. The Morgan fingerprint density at radius 2 is 1.91 bits per heavy atom. The molecule has 0 aliphatic heterocycles. The highest BCUT2D eigenvalue weighted by Gasteiger charge is 2.15. The fraction of sp³-hybridized carbons (Fsp3) is 0.133. The van der Waals surface area contributed by atoms with E-state index in [0.717, 1.165) is 5.39 Å². The molecule has 2 aromatic heterocycles. The highest BCUT2D eigenvalue weighted by molar-refractivity contribution is 7.98. The molecular weight excluding hydrogens is 341 g/mol. The van der Waals surface area contributed by atoms with Gasteiger partial charge in [0.15, 0.2) is 5.16 Å². The van der Waals surface area contributed by atoms with Crippen LogP contribution in [-0.4, -0.2) is 20.8 Å². The summed E-state index contributed by atoms with van der Waals surface area (Å²) in [6.07, 6.45) is 3.58. The van der Waals surface area contributed by atoms with Crippen molar-refractivity contribution >= 4 is 46.0 Å². The molecule has 0 aliphatic carbocycles. The first-order valence-electron chi connectivity index (χ1n) is 6.38. The summed E-state index contributed by atoms with van der Waals surface area (Å²) in [6.45, 7) is 0. The van der Waals surface area contributed by atoms with Crippen LogP contribution in [0.3, 0.4) is 0 Å². The number of hydrogen-bond acceptors (Lipinski definition) is 4.